The van der Waals surface area contributed by atoms with E-state index < -0.39 is 16.9 Å². The lowest BCUT2D eigenvalue weighted by Gasteiger charge is -2.34. The number of carbonyl (C=O) groups excluding carboxylic acids is 3. The SMILES string of the molecule is C[C@@H]1CCCN(C(=O)COC(=O)[C@H]2CS[C@@]3(c4ccccc4)CCC(=O)N23)C1. The van der Waals surface area contributed by atoms with E-state index in [1.165, 1.54) is 0 Å². The molecule has 0 aromatic heterocycles. The molecule has 0 aliphatic carbocycles. The highest BCUT2D eigenvalue weighted by Gasteiger charge is 2.57. The second kappa shape index (κ2) is 7.78. The van der Waals surface area contributed by atoms with Crippen LogP contribution < -0.4 is 0 Å². The minimum absolute atomic E-state index is 0.0213. The van der Waals surface area contributed by atoms with Crippen LogP contribution in [0.25, 0.3) is 0 Å². The summed E-state index contributed by atoms with van der Waals surface area (Å²) in [6.07, 6.45) is 3.23. The molecular formula is C21H26N2O4S. The molecule has 0 bridgehead atoms. The van der Waals surface area contributed by atoms with Crippen LogP contribution in [0.2, 0.25) is 0 Å². The summed E-state index contributed by atoms with van der Waals surface area (Å²) in [5.74, 6) is 0.334. The number of thioether (sulfide) groups is 1. The van der Waals surface area contributed by atoms with Crippen molar-refractivity contribution < 1.29 is 19.1 Å². The number of likely N-dealkylation sites (tertiary alicyclic amines) is 1. The van der Waals surface area contributed by atoms with Crippen LogP contribution in [0, 0.1) is 5.92 Å². The van der Waals surface area contributed by atoms with Crippen molar-refractivity contribution in [2.24, 2.45) is 5.92 Å². The van der Waals surface area contributed by atoms with Crippen LogP contribution in [0.3, 0.4) is 0 Å². The molecule has 7 heteroatoms. The molecule has 28 heavy (non-hydrogen) atoms. The molecule has 1 aromatic rings. The van der Waals surface area contributed by atoms with Gasteiger partial charge in [-0.25, -0.2) is 4.79 Å². The maximum atomic E-state index is 12.8. The van der Waals surface area contributed by atoms with Gasteiger partial charge in [-0.2, -0.15) is 0 Å². The van der Waals surface area contributed by atoms with Crippen LogP contribution in [0.15, 0.2) is 30.3 Å². The van der Waals surface area contributed by atoms with Crippen molar-refractivity contribution in [3.05, 3.63) is 35.9 Å². The maximum Gasteiger partial charge on any atom is 0.330 e. The Hall–Kier alpha value is -2.02. The minimum Gasteiger partial charge on any atom is -0.454 e. The van der Waals surface area contributed by atoms with Crippen molar-refractivity contribution in [3.63, 3.8) is 0 Å². The van der Waals surface area contributed by atoms with Crippen molar-refractivity contribution >= 4 is 29.5 Å². The summed E-state index contributed by atoms with van der Waals surface area (Å²) in [5.41, 5.74) is 1.04. The van der Waals surface area contributed by atoms with Gasteiger partial charge in [-0.1, -0.05) is 37.3 Å². The molecule has 6 nitrogen and oxygen atoms in total. The molecule has 3 heterocycles. The van der Waals surface area contributed by atoms with E-state index in [0.29, 0.717) is 24.5 Å². The minimum atomic E-state index is -0.631. The summed E-state index contributed by atoms with van der Waals surface area (Å²) < 4.78 is 5.38. The van der Waals surface area contributed by atoms with Crippen molar-refractivity contribution in [3.8, 4) is 0 Å². The third-order valence-corrected chi connectivity index (χ3v) is 7.57. The van der Waals surface area contributed by atoms with Gasteiger partial charge in [0.2, 0.25) is 5.91 Å². The van der Waals surface area contributed by atoms with Gasteiger partial charge in [0.15, 0.2) is 6.61 Å². The average molecular weight is 403 g/mol. The quantitative estimate of drug-likeness (QED) is 0.724. The number of piperidine rings is 1. The van der Waals surface area contributed by atoms with Crippen LogP contribution in [0.5, 0.6) is 0 Å². The molecule has 0 radical (unpaired) electrons. The Labute approximate surface area is 169 Å². The summed E-state index contributed by atoms with van der Waals surface area (Å²) in [7, 11) is 0. The zero-order chi connectivity index (χ0) is 19.7. The molecule has 3 fully saturated rings. The highest BCUT2D eigenvalue weighted by Crippen LogP contribution is 2.54. The summed E-state index contributed by atoms with van der Waals surface area (Å²) >= 11 is 1.63. The summed E-state index contributed by atoms with van der Waals surface area (Å²) in [5, 5.41) is 0. The summed E-state index contributed by atoms with van der Waals surface area (Å²) in [6, 6.07) is 9.24. The lowest BCUT2D eigenvalue weighted by atomic mass is 10.0. The predicted octanol–water partition coefficient (Wildman–Crippen LogP) is 2.38. The summed E-state index contributed by atoms with van der Waals surface area (Å²) in [6.45, 7) is 3.33. The molecule has 1 aromatic carbocycles. The Kier molecular flexibility index (Phi) is 5.36. The Morgan fingerprint density at radius 1 is 1.29 bits per heavy atom. The smallest absolute Gasteiger partial charge is 0.330 e. The first-order valence-electron chi connectivity index (χ1n) is 9.97. The molecule has 3 aliphatic heterocycles. The zero-order valence-electron chi connectivity index (χ0n) is 16.1. The van der Waals surface area contributed by atoms with Gasteiger partial charge in [-0.3, -0.25) is 9.59 Å². The monoisotopic (exact) mass is 402 g/mol. The first kappa shape index (κ1) is 19.3. The third-order valence-electron chi connectivity index (χ3n) is 5.97. The van der Waals surface area contributed by atoms with Crippen molar-refractivity contribution in [1.29, 1.82) is 0 Å². The van der Waals surface area contributed by atoms with Crippen molar-refractivity contribution in [2.45, 2.75) is 43.5 Å². The molecule has 3 atom stereocenters. The summed E-state index contributed by atoms with van der Waals surface area (Å²) in [4.78, 5) is 40.7. The largest absolute Gasteiger partial charge is 0.454 e. The highest BCUT2D eigenvalue weighted by atomic mass is 32.2. The topological polar surface area (TPSA) is 66.9 Å². The molecule has 3 saturated heterocycles. The molecule has 0 saturated carbocycles. The van der Waals surface area contributed by atoms with Gasteiger partial charge in [0, 0.05) is 25.3 Å². The first-order valence-corrected chi connectivity index (χ1v) is 11.0. The van der Waals surface area contributed by atoms with E-state index in [0.717, 1.165) is 31.5 Å². The third kappa shape index (κ3) is 3.41. The fourth-order valence-electron chi connectivity index (χ4n) is 4.55. The molecule has 0 spiro atoms. The van der Waals surface area contributed by atoms with Crippen LogP contribution in [0.4, 0.5) is 0 Å². The van der Waals surface area contributed by atoms with Crippen molar-refractivity contribution in [1.82, 2.24) is 9.80 Å². The van der Waals surface area contributed by atoms with E-state index in [4.69, 9.17) is 4.74 Å². The number of hydrogen-bond donors (Lipinski definition) is 0. The predicted molar refractivity (Wildman–Crippen MR) is 106 cm³/mol. The fourth-order valence-corrected chi connectivity index (χ4v) is 6.19. The Morgan fingerprint density at radius 3 is 2.82 bits per heavy atom. The van der Waals surface area contributed by atoms with Gasteiger partial charge < -0.3 is 14.5 Å². The van der Waals surface area contributed by atoms with Gasteiger partial charge in [0.1, 0.15) is 10.9 Å². The van der Waals surface area contributed by atoms with Crippen LogP contribution >= 0.6 is 11.8 Å². The van der Waals surface area contributed by atoms with E-state index >= 15 is 0 Å². The van der Waals surface area contributed by atoms with Crippen molar-refractivity contribution in [2.75, 3.05) is 25.4 Å². The maximum absolute atomic E-state index is 12.8. The van der Waals surface area contributed by atoms with Gasteiger partial charge >= 0.3 is 5.97 Å². The van der Waals surface area contributed by atoms with Gasteiger partial charge in [-0.15, -0.1) is 11.8 Å². The fraction of sp³-hybridized carbons (Fsp3) is 0.571. The molecule has 0 N–H and O–H groups in total. The van der Waals surface area contributed by atoms with E-state index in [-0.39, 0.29) is 18.4 Å². The second-order valence-corrected chi connectivity index (χ2v) is 9.23. The Balaban J connectivity index is 1.42. The van der Waals surface area contributed by atoms with Crippen LogP contribution in [0.1, 0.15) is 38.2 Å². The molecule has 4 rings (SSSR count). The Morgan fingerprint density at radius 2 is 2.07 bits per heavy atom. The van der Waals surface area contributed by atoms with E-state index in [9.17, 15) is 14.4 Å². The van der Waals surface area contributed by atoms with E-state index in [2.05, 4.69) is 6.92 Å². The number of hydrogen-bond acceptors (Lipinski definition) is 5. The molecule has 3 aliphatic rings. The van der Waals surface area contributed by atoms with Crippen LogP contribution in [-0.4, -0.2) is 59.1 Å². The molecule has 0 unspecified atom stereocenters. The van der Waals surface area contributed by atoms with E-state index in [1.807, 2.05) is 30.3 Å². The lowest BCUT2D eigenvalue weighted by molar-refractivity contribution is -0.159. The van der Waals surface area contributed by atoms with Crippen LogP contribution in [-0.2, 0) is 24.0 Å². The standard InChI is InChI=1S/C21H26N2O4S/c1-15-6-5-11-22(12-15)19(25)13-27-20(26)17-14-28-21(10-9-18(24)23(17)21)16-7-3-2-4-8-16/h2-4,7-8,15,17H,5-6,9-14H2,1H3/t15-,17-,21-/m1/s1. The van der Waals surface area contributed by atoms with Gasteiger partial charge in [0.25, 0.3) is 5.91 Å². The molecular weight excluding hydrogens is 376 g/mol. The number of ether oxygens (including phenoxy) is 1. The van der Waals surface area contributed by atoms with Gasteiger partial charge in [0.05, 0.1) is 0 Å². The highest BCUT2D eigenvalue weighted by molar-refractivity contribution is 8.00. The lowest BCUT2D eigenvalue weighted by Crippen LogP contribution is -2.47. The number of carbonyl (C=O) groups is 3. The molecule has 2 amide bonds. The zero-order valence-corrected chi connectivity index (χ0v) is 17.0. The number of amides is 2. The number of benzene rings is 1. The second-order valence-electron chi connectivity index (χ2n) is 7.94. The number of fused-ring (bicyclic) bond motifs is 1. The molecule has 150 valence electrons. The normalized spacial score (nSPS) is 29.7. The number of esters is 1. The first-order chi connectivity index (χ1) is 13.5. The van der Waals surface area contributed by atoms with Gasteiger partial charge in [-0.05, 0) is 30.7 Å². The number of rotatable bonds is 4. The Bertz CT molecular complexity index is 771. The number of nitrogens with zero attached hydrogens (tertiary/aromatic N) is 2. The average Bonchev–Trinajstić information content (AvgIpc) is 3.26. The van der Waals surface area contributed by atoms with E-state index in [1.54, 1.807) is 21.6 Å².